The summed E-state index contributed by atoms with van der Waals surface area (Å²) in [6, 6.07) is 0. The molecule has 0 aliphatic rings. The van der Waals surface area contributed by atoms with Gasteiger partial charge in [-0.25, -0.2) is 0 Å². The Bertz CT molecular complexity index is 133. The third-order valence-corrected chi connectivity index (χ3v) is 3.51. The highest BCUT2D eigenvalue weighted by atomic mass is 14.9. The molecule has 2 unspecified atom stereocenters. The van der Waals surface area contributed by atoms with Crippen LogP contribution in [-0.2, 0) is 0 Å². The molecule has 0 aromatic heterocycles. The zero-order chi connectivity index (χ0) is 11.0. The maximum Gasteiger partial charge on any atom is 0.000759 e. The molecule has 86 valence electrons. The van der Waals surface area contributed by atoms with E-state index in [0.717, 1.165) is 12.5 Å². The van der Waals surface area contributed by atoms with Crippen molar-refractivity contribution in [3.05, 3.63) is 0 Å². The first-order valence-corrected chi connectivity index (χ1v) is 6.31. The molecule has 0 bridgehead atoms. The van der Waals surface area contributed by atoms with E-state index in [2.05, 4.69) is 39.9 Å². The van der Waals surface area contributed by atoms with E-state index in [-0.39, 0.29) is 0 Å². The van der Waals surface area contributed by atoms with Gasteiger partial charge in [0.15, 0.2) is 0 Å². The first-order valence-electron chi connectivity index (χ1n) is 6.31. The van der Waals surface area contributed by atoms with Crippen LogP contribution in [0.1, 0.15) is 60.3 Å². The van der Waals surface area contributed by atoms with Crippen molar-refractivity contribution in [2.45, 2.75) is 60.3 Å². The number of hydrogen-bond donors (Lipinski definition) is 1. The Balaban J connectivity index is 4.19. The summed E-state index contributed by atoms with van der Waals surface area (Å²) >= 11 is 0. The van der Waals surface area contributed by atoms with Crippen LogP contribution < -0.4 is 5.32 Å². The minimum absolute atomic E-state index is 0.501. The molecule has 14 heavy (non-hydrogen) atoms. The second-order valence-corrected chi connectivity index (χ2v) is 4.87. The molecule has 1 N–H and O–H groups in total. The molecule has 0 saturated carbocycles. The second kappa shape index (κ2) is 7.28. The molecule has 0 aromatic rings. The molecule has 0 rings (SSSR count). The Morgan fingerprint density at radius 1 is 1.14 bits per heavy atom. The van der Waals surface area contributed by atoms with Gasteiger partial charge in [0.1, 0.15) is 0 Å². The molecule has 0 heterocycles. The van der Waals surface area contributed by atoms with E-state index < -0.39 is 0 Å². The van der Waals surface area contributed by atoms with Crippen molar-refractivity contribution in [3.8, 4) is 0 Å². The average molecular weight is 199 g/mol. The fourth-order valence-electron chi connectivity index (χ4n) is 2.27. The summed E-state index contributed by atoms with van der Waals surface area (Å²) in [7, 11) is 0. The largest absolute Gasteiger partial charge is 0.316 e. The minimum Gasteiger partial charge on any atom is -0.316 e. The maximum atomic E-state index is 3.51. The second-order valence-electron chi connectivity index (χ2n) is 4.87. The van der Waals surface area contributed by atoms with Gasteiger partial charge in [0, 0.05) is 6.54 Å². The van der Waals surface area contributed by atoms with E-state index >= 15 is 0 Å². The normalized spacial score (nSPS) is 17.8. The van der Waals surface area contributed by atoms with Crippen LogP contribution in [0.2, 0.25) is 0 Å². The van der Waals surface area contributed by atoms with Gasteiger partial charge >= 0.3 is 0 Å². The lowest BCUT2D eigenvalue weighted by atomic mass is 9.73. The molecule has 0 radical (unpaired) electrons. The third-order valence-electron chi connectivity index (χ3n) is 3.51. The predicted octanol–water partition coefficient (Wildman–Crippen LogP) is 3.84. The summed E-state index contributed by atoms with van der Waals surface area (Å²) in [5.41, 5.74) is 0.501. The summed E-state index contributed by atoms with van der Waals surface area (Å²) in [6.07, 6.45) is 5.33. The summed E-state index contributed by atoms with van der Waals surface area (Å²) in [5.74, 6) is 0.839. The van der Waals surface area contributed by atoms with Gasteiger partial charge < -0.3 is 5.32 Å². The SMILES string of the molecule is CCCC(C)C(C)(CCC)CNCC. The zero-order valence-corrected chi connectivity index (χ0v) is 10.8. The lowest BCUT2D eigenvalue weighted by molar-refractivity contribution is 0.166. The number of nitrogens with one attached hydrogen (secondary N) is 1. The average Bonchev–Trinajstić information content (AvgIpc) is 2.15. The van der Waals surface area contributed by atoms with Gasteiger partial charge in [-0.1, -0.05) is 53.9 Å². The highest BCUT2D eigenvalue weighted by Gasteiger charge is 2.28. The Hall–Kier alpha value is -0.0400. The topological polar surface area (TPSA) is 12.0 Å². The number of hydrogen-bond acceptors (Lipinski definition) is 1. The first kappa shape index (κ1) is 14.0. The highest BCUT2D eigenvalue weighted by molar-refractivity contribution is 4.81. The van der Waals surface area contributed by atoms with Gasteiger partial charge in [-0.3, -0.25) is 0 Å². The summed E-state index contributed by atoms with van der Waals surface area (Å²) < 4.78 is 0. The van der Waals surface area contributed by atoms with Crippen molar-refractivity contribution < 1.29 is 0 Å². The van der Waals surface area contributed by atoms with Crippen molar-refractivity contribution in [3.63, 3.8) is 0 Å². The van der Waals surface area contributed by atoms with Crippen LogP contribution in [0.4, 0.5) is 0 Å². The Labute approximate surface area is 90.7 Å². The molecule has 2 atom stereocenters. The van der Waals surface area contributed by atoms with Crippen molar-refractivity contribution in [1.82, 2.24) is 5.32 Å². The third kappa shape index (κ3) is 4.45. The van der Waals surface area contributed by atoms with Gasteiger partial charge in [0.2, 0.25) is 0 Å². The molecule has 0 spiro atoms. The fourth-order valence-corrected chi connectivity index (χ4v) is 2.27. The Kier molecular flexibility index (Phi) is 7.26. The summed E-state index contributed by atoms with van der Waals surface area (Å²) in [4.78, 5) is 0. The molecular weight excluding hydrogens is 170 g/mol. The van der Waals surface area contributed by atoms with Gasteiger partial charge in [-0.05, 0) is 24.3 Å². The van der Waals surface area contributed by atoms with Crippen LogP contribution >= 0.6 is 0 Å². The van der Waals surface area contributed by atoms with Crippen LogP contribution in [-0.4, -0.2) is 13.1 Å². The molecule has 1 heteroatoms. The van der Waals surface area contributed by atoms with Crippen molar-refractivity contribution >= 4 is 0 Å². The zero-order valence-electron chi connectivity index (χ0n) is 10.8. The van der Waals surface area contributed by atoms with Gasteiger partial charge in [0.25, 0.3) is 0 Å². The highest BCUT2D eigenvalue weighted by Crippen LogP contribution is 2.34. The molecule has 0 fully saturated rings. The predicted molar refractivity (Wildman–Crippen MR) is 65.6 cm³/mol. The summed E-state index contributed by atoms with van der Waals surface area (Å²) in [5, 5.41) is 3.51. The van der Waals surface area contributed by atoms with E-state index in [1.165, 1.54) is 32.2 Å². The first-order chi connectivity index (χ1) is 6.60. The molecule has 0 aromatic carbocycles. The minimum atomic E-state index is 0.501. The van der Waals surface area contributed by atoms with Crippen LogP contribution in [0, 0.1) is 11.3 Å². The lowest BCUT2D eigenvalue weighted by Crippen LogP contribution is -2.37. The van der Waals surface area contributed by atoms with Gasteiger partial charge in [0.05, 0.1) is 0 Å². The van der Waals surface area contributed by atoms with Crippen LogP contribution in [0.15, 0.2) is 0 Å². The van der Waals surface area contributed by atoms with Crippen LogP contribution in [0.25, 0.3) is 0 Å². The van der Waals surface area contributed by atoms with Crippen LogP contribution in [0.3, 0.4) is 0 Å². The van der Waals surface area contributed by atoms with Crippen molar-refractivity contribution in [1.29, 1.82) is 0 Å². The molecule has 0 saturated heterocycles. The monoisotopic (exact) mass is 199 g/mol. The Morgan fingerprint density at radius 2 is 1.79 bits per heavy atom. The quantitative estimate of drug-likeness (QED) is 0.626. The summed E-state index contributed by atoms with van der Waals surface area (Å²) in [6.45, 7) is 13.9. The molecule has 1 nitrogen and oxygen atoms in total. The van der Waals surface area contributed by atoms with E-state index in [1.54, 1.807) is 0 Å². The standard InChI is InChI=1S/C13H29N/c1-6-9-12(4)13(5,10-7-2)11-14-8-3/h12,14H,6-11H2,1-5H3. The van der Waals surface area contributed by atoms with Crippen LogP contribution in [0.5, 0.6) is 0 Å². The van der Waals surface area contributed by atoms with E-state index in [0.29, 0.717) is 5.41 Å². The lowest BCUT2D eigenvalue weighted by Gasteiger charge is -2.36. The molecule has 0 aliphatic heterocycles. The molecule has 0 aliphatic carbocycles. The number of rotatable bonds is 8. The van der Waals surface area contributed by atoms with Crippen molar-refractivity contribution in [2.75, 3.05) is 13.1 Å². The van der Waals surface area contributed by atoms with E-state index in [9.17, 15) is 0 Å². The van der Waals surface area contributed by atoms with Crippen molar-refractivity contribution in [2.24, 2.45) is 11.3 Å². The van der Waals surface area contributed by atoms with E-state index in [4.69, 9.17) is 0 Å². The fraction of sp³-hybridized carbons (Fsp3) is 1.00. The smallest absolute Gasteiger partial charge is 0.000759 e. The Morgan fingerprint density at radius 3 is 2.21 bits per heavy atom. The maximum absolute atomic E-state index is 3.51. The van der Waals surface area contributed by atoms with E-state index in [1.807, 2.05) is 0 Å². The molecule has 0 amide bonds. The molecular formula is C13H29N. The van der Waals surface area contributed by atoms with Gasteiger partial charge in [-0.2, -0.15) is 0 Å². The van der Waals surface area contributed by atoms with Gasteiger partial charge in [-0.15, -0.1) is 0 Å².